The molecule has 49 heavy (non-hydrogen) atoms. The Morgan fingerprint density at radius 2 is 1.47 bits per heavy atom. The highest BCUT2D eigenvalue weighted by Gasteiger charge is 2.43. The largest absolute Gasteiger partial charge is 0.444 e. The molecule has 0 aliphatic heterocycles. The second-order valence-corrected chi connectivity index (χ2v) is 14.6. The first-order valence-corrected chi connectivity index (χ1v) is 17.6. The summed E-state index contributed by atoms with van der Waals surface area (Å²) in [7, 11) is 0. The molecule has 0 bridgehead atoms. The molecule has 0 radical (unpaired) electrons. The minimum atomic E-state index is -1.02. The number of amides is 4. The van der Waals surface area contributed by atoms with Crippen LogP contribution in [0.2, 0.25) is 5.02 Å². The predicted octanol–water partition coefficient (Wildman–Crippen LogP) is 7.35. The number of carbonyl (C=O) groups excluding carboxylic acids is 4. The van der Waals surface area contributed by atoms with E-state index in [9.17, 15) is 19.2 Å². The number of rotatable bonds is 11. The number of nitrogens with one attached hydrogen (secondary N) is 4. The first-order valence-electron chi connectivity index (χ1n) is 17.2. The molecule has 2 aliphatic rings. The molecule has 5 rings (SSSR count). The van der Waals surface area contributed by atoms with E-state index in [-0.39, 0.29) is 24.2 Å². The number of hydrogen-bond donors (Lipinski definition) is 4. The predicted molar refractivity (Wildman–Crippen MR) is 191 cm³/mol. The van der Waals surface area contributed by atoms with Crippen LogP contribution in [0.3, 0.4) is 0 Å². The maximum Gasteiger partial charge on any atom is 0.408 e. The standard InChI is InChI=1S/C39H47ClN4O5/c1-38(2,3)49-37(48)43-33(27-15-8-5-9-16-27)36(47)44-39(23-12-24-39)28-19-21-29(22-20-28)41-35(46)34(30-17-10-11-18-31(30)40)42-32(45)25-26-13-6-4-7-14-26/h4,6-7,10-11,13-14,17-22,27,33-34H,5,8-9,12,15-16,23-25H2,1-3H3,(H,41,46)(H,42,45)(H,43,48)(H,44,47)/t33-,34+/m0/s1. The maximum absolute atomic E-state index is 13.9. The van der Waals surface area contributed by atoms with E-state index in [1.54, 1.807) is 57.2 Å². The Labute approximate surface area is 293 Å². The van der Waals surface area contributed by atoms with Crippen molar-refractivity contribution in [2.75, 3.05) is 5.32 Å². The summed E-state index contributed by atoms with van der Waals surface area (Å²) in [5.41, 5.74) is 1.53. The van der Waals surface area contributed by atoms with Gasteiger partial charge in [-0.2, -0.15) is 0 Å². The maximum atomic E-state index is 13.9. The van der Waals surface area contributed by atoms with Crippen molar-refractivity contribution in [2.24, 2.45) is 5.92 Å². The molecule has 260 valence electrons. The van der Waals surface area contributed by atoms with Gasteiger partial charge in [-0.3, -0.25) is 14.4 Å². The van der Waals surface area contributed by atoms with Crippen LogP contribution in [-0.2, 0) is 31.1 Å². The SMILES string of the molecule is CC(C)(C)OC(=O)N[C@H](C(=O)NC1(c2ccc(NC(=O)[C@H](NC(=O)Cc3ccccc3)c3ccccc3Cl)cc2)CCC1)C1CCCCC1. The summed E-state index contributed by atoms with van der Waals surface area (Å²) >= 11 is 6.48. The van der Waals surface area contributed by atoms with E-state index in [0.29, 0.717) is 16.3 Å². The van der Waals surface area contributed by atoms with Crippen molar-refractivity contribution >= 4 is 41.1 Å². The van der Waals surface area contributed by atoms with Gasteiger partial charge >= 0.3 is 6.09 Å². The van der Waals surface area contributed by atoms with Crippen LogP contribution >= 0.6 is 11.6 Å². The van der Waals surface area contributed by atoms with Gasteiger partial charge in [0.2, 0.25) is 11.8 Å². The van der Waals surface area contributed by atoms with Gasteiger partial charge in [0, 0.05) is 16.3 Å². The first kappa shape index (κ1) is 35.9. The molecule has 0 unspecified atom stereocenters. The van der Waals surface area contributed by atoms with Crippen LogP contribution in [0.25, 0.3) is 0 Å². The summed E-state index contributed by atoms with van der Waals surface area (Å²) in [5.74, 6) is -0.909. The zero-order valence-corrected chi connectivity index (χ0v) is 29.3. The van der Waals surface area contributed by atoms with Crippen molar-refractivity contribution in [3.8, 4) is 0 Å². The van der Waals surface area contributed by atoms with E-state index < -0.39 is 35.2 Å². The fourth-order valence-electron chi connectivity index (χ4n) is 6.70. The van der Waals surface area contributed by atoms with E-state index in [0.717, 1.165) is 62.5 Å². The first-order chi connectivity index (χ1) is 23.4. The van der Waals surface area contributed by atoms with Crippen molar-refractivity contribution in [3.63, 3.8) is 0 Å². The monoisotopic (exact) mass is 686 g/mol. The molecular formula is C39H47ClN4O5. The molecule has 3 aromatic carbocycles. The van der Waals surface area contributed by atoms with Crippen LogP contribution in [0.4, 0.5) is 10.5 Å². The number of ether oxygens (including phenoxy) is 1. The summed E-state index contributed by atoms with van der Waals surface area (Å²) in [6.45, 7) is 5.41. The third-order valence-electron chi connectivity index (χ3n) is 9.34. The molecule has 0 heterocycles. The quantitative estimate of drug-likeness (QED) is 0.168. The van der Waals surface area contributed by atoms with E-state index in [4.69, 9.17) is 16.3 Å². The van der Waals surface area contributed by atoms with Crippen molar-refractivity contribution in [2.45, 2.75) is 102 Å². The molecule has 9 nitrogen and oxygen atoms in total. The van der Waals surface area contributed by atoms with Crippen LogP contribution in [0.5, 0.6) is 0 Å². The molecule has 4 amide bonds. The molecule has 2 atom stereocenters. The average Bonchev–Trinajstić information content (AvgIpc) is 3.05. The fraction of sp³-hybridized carbons (Fsp3) is 0.436. The average molecular weight is 687 g/mol. The van der Waals surface area contributed by atoms with Gasteiger partial charge in [0.15, 0.2) is 0 Å². The summed E-state index contributed by atoms with van der Waals surface area (Å²) in [5, 5.41) is 12.4. The van der Waals surface area contributed by atoms with Gasteiger partial charge in [0.05, 0.1) is 12.0 Å². The Morgan fingerprint density at radius 1 is 0.816 bits per heavy atom. The molecule has 0 spiro atoms. The summed E-state index contributed by atoms with van der Waals surface area (Å²) in [6, 6.07) is 22.0. The number of hydrogen-bond acceptors (Lipinski definition) is 5. The molecule has 2 saturated carbocycles. The van der Waals surface area contributed by atoms with Crippen LogP contribution in [0.15, 0.2) is 78.9 Å². The summed E-state index contributed by atoms with van der Waals surface area (Å²) in [6.07, 6.45) is 6.92. The van der Waals surface area contributed by atoms with Crippen molar-refractivity contribution in [1.29, 1.82) is 0 Å². The van der Waals surface area contributed by atoms with E-state index >= 15 is 0 Å². The highest BCUT2D eigenvalue weighted by atomic mass is 35.5. The molecule has 4 N–H and O–H groups in total. The van der Waals surface area contributed by atoms with Gasteiger partial charge in [-0.1, -0.05) is 91.5 Å². The van der Waals surface area contributed by atoms with Crippen LogP contribution in [0, 0.1) is 5.92 Å². The number of benzene rings is 3. The second kappa shape index (κ2) is 15.9. The van der Waals surface area contributed by atoms with E-state index in [1.165, 1.54) is 0 Å². The Bertz CT molecular complexity index is 1610. The Hall–Kier alpha value is -4.37. The van der Waals surface area contributed by atoms with Crippen LogP contribution in [0.1, 0.15) is 94.9 Å². The Morgan fingerprint density at radius 3 is 2.08 bits per heavy atom. The number of carbonyl (C=O) groups is 4. The minimum Gasteiger partial charge on any atom is -0.444 e. The highest BCUT2D eigenvalue weighted by molar-refractivity contribution is 6.31. The lowest BCUT2D eigenvalue weighted by molar-refractivity contribution is -0.128. The van der Waals surface area contributed by atoms with Gasteiger partial charge in [-0.05, 0) is 88.1 Å². The third-order valence-corrected chi connectivity index (χ3v) is 9.69. The number of halogens is 1. The second-order valence-electron chi connectivity index (χ2n) is 14.2. The van der Waals surface area contributed by atoms with Crippen molar-refractivity contribution in [3.05, 3.63) is 101 Å². The van der Waals surface area contributed by atoms with E-state index in [2.05, 4.69) is 21.3 Å². The van der Waals surface area contributed by atoms with Crippen molar-refractivity contribution < 1.29 is 23.9 Å². The van der Waals surface area contributed by atoms with Crippen LogP contribution in [-0.4, -0.2) is 35.5 Å². The zero-order valence-electron chi connectivity index (χ0n) is 28.5. The molecule has 0 aromatic heterocycles. The molecule has 0 saturated heterocycles. The van der Waals surface area contributed by atoms with Crippen molar-refractivity contribution in [1.82, 2.24) is 16.0 Å². The lowest BCUT2D eigenvalue weighted by atomic mass is 9.71. The normalized spacial score (nSPS) is 17.1. The fourth-order valence-corrected chi connectivity index (χ4v) is 6.95. The van der Waals surface area contributed by atoms with Gasteiger partial charge < -0.3 is 26.0 Å². The zero-order chi connectivity index (χ0) is 35.0. The molecule has 10 heteroatoms. The summed E-state index contributed by atoms with van der Waals surface area (Å²) in [4.78, 5) is 53.4. The van der Waals surface area contributed by atoms with Gasteiger partial charge in [-0.25, -0.2) is 4.79 Å². The summed E-state index contributed by atoms with van der Waals surface area (Å²) < 4.78 is 5.51. The Kier molecular flexibility index (Phi) is 11.7. The molecule has 2 fully saturated rings. The number of anilines is 1. The van der Waals surface area contributed by atoms with Crippen LogP contribution < -0.4 is 21.3 Å². The lowest BCUT2D eigenvalue weighted by Crippen LogP contribution is -2.59. The number of alkyl carbamates (subject to hydrolysis) is 1. The smallest absolute Gasteiger partial charge is 0.408 e. The molecule has 2 aliphatic carbocycles. The Balaban J connectivity index is 1.29. The molecule has 3 aromatic rings. The van der Waals surface area contributed by atoms with E-state index in [1.807, 2.05) is 42.5 Å². The molecular weight excluding hydrogens is 640 g/mol. The highest BCUT2D eigenvalue weighted by Crippen LogP contribution is 2.42. The topological polar surface area (TPSA) is 126 Å². The minimum absolute atomic E-state index is 0.0373. The third kappa shape index (κ3) is 9.63. The van der Waals surface area contributed by atoms with Gasteiger partial charge in [0.1, 0.15) is 17.7 Å². The van der Waals surface area contributed by atoms with Gasteiger partial charge in [0.25, 0.3) is 5.91 Å². The lowest BCUT2D eigenvalue weighted by Gasteiger charge is -2.44. The van der Waals surface area contributed by atoms with Gasteiger partial charge in [-0.15, -0.1) is 0 Å².